The van der Waals surface area contributed by atoms with Crippen molar-refractivity contribution in [2.45, 2.75) is 31.5 Å². The molecular weight excluding hydrogens is 356 g/mol. The first-order valence-corrected chi connectivity index (χ1v) is 9.13. The van der Waals surface area contributed by atoms with Crippen LogP contribution in [-0.4, -0.2) is 47.5 Å². The van der Waals surface area contributed by atoms with E-state index in [1.165, 1.54) is 0 Å². The van der Waals surface area contributed by atoms with Gasteiger partial charge in [-0.25, -0.2) is 0 Å². The van der Waals surface area contributed by atoms with Gasteiger partial charge in [-0.05, 0) is 38.1 Å². The van der Waals surface area contributed by atoms with Crippen molar-refractivity contribution < 1.29 is 18.7 Å². The Morgan fingerprint density at radius 1 is 1.19 bits per heavy atom. The third kappa shape index (κ3) is 6.40. The number of ether oxygens (including phenoxy) is 1. The van der Waals surface area contributed by atoms with Crippen LogP contribution in [0.15, 0.2) is 33.9 Å². The summed E-state index contributed by atoms with van der Waals surface area (Å²) in [7, 11) is 1.60. The molecule has 0 spiro atoms. The molecule has 0 atom stereocenters. The zero-order chi connectivity index (χ0) is 18.9. The maximum absolute atomic E-state index is 11.8. The predicted molar refractivity (Wildman–Crippen MR) is 97.9 cm³/mol. The minimum atomic E-state index is -0.198. The quantitative estimate of drug-likeness (QED) is 0.642. The number of hydrogen-bond acceptors (Lipinski definition) is 7. The summed E-state index contributed by atoms with van der Waals surface area (Å²) >= 11 is 1.14. The molecule has 0 radical (unpaired) electrons. The summed E-state index contributed by atoms with van der Waals surface area (Å²) in [6, 6.07) is 7.32. The number of nitrogens with one attached hydrogen (secondary N) is 2. The van der Waals surface area contributed by atoms with Gasteiger partial charge in [-0.2, -0.15) is 0 Å². The second-order valence-corrected chi connectivity index (χ2v) is 6.64. The molecule has 1 aromatic carbocycles. The van der Waals surface area contributed by atoms with Gasteiger partial charge >= 0.3 is 0 Å². The average Bonchev–Trinajstić information content (AvgIpc) is 3.08. The molecule has 0 saturated carbocycles. The Balaban J connectivity index is 1.75. The Morgan fingerprint density at radius 2 is 1.92 bits per heavy atom. The van der Waals surface area contributed by atoms with Gasteiger partial charge in [0.05, 0.1) is 12.9 Å². The van der Waals surface area contributed by atoms with Gasteiger partial charge in [0.25, 0.3) is 5.22 Å². The second-order valence-electron chi connectivity index (χ2n) is 5.71. The van der Waals surface area contributed by atoms with Crippen LogP contribution < -0.4 is 15.4 Å². The maximum Gasteiger partial charge on any atom is 0.277 e. The normalized spacial score (nSPS) is 10.6. The number of benzene rings is 1. The zero-order valence-electron chi connectivity index (χ0n) is 14.9. The Hall–Kier alpha value is -2.55. The largest absolute Gasteiger partial charge is 0.497 e. The molecule has 2 amide bonds. The first-order valence-electron chi connectivity index (χ1n) is 8.14. The van der Waals surface area contributed by atoms with Gasteiger partial charge in [0.2, 0.25) is 17.7 Å². The fraction of sp³-hybridized carbons (Fsp3) is 0.412. The Kier molecular flexibility index (Phi) is 7.46. The first kappa shape index (κ1) is 19.8. The molecule has 0 aliphatic carbocycles. The van der Waals surface area contributed by atoms with Crippen LogP contribution in [0.25, 0.3) is 11.5 Å². The molecule has 0 aliphatic rings. The molecule has 26 heavy (non-hydrogen) atoms. The highest BCUT2D eigenvalue weighted by atomic mass is 32.2. The molecule has 8 nitrogen and oxygen atoms in total. The van der Waals surface area contributed by atoms with Crippen molar-refractivity contribution in [1.82, 2.24) is 20.8 Å². The van der Waals surface area contributed by atoms with E-state index in [0.29, 0.717) is 17.7 Å². The number of rotatable bonds is 9. The monoisotopic (exact) mass is 378 g/mol. The standard InChI is InChI=1S/C17H22N4O4S/c1-11(2)19-14(22)8-9-18-15(23)10-26-17-21-20-16(25-17)12-4-6-13(24-3)7-5-12/h4-7,11H,8-10H2,1-3H3,(H,18,23)(H,19,22). The van der Waals surface area contributed by atoms with Crippen molar-refractivity contribution in [3.05, 3.63) is 24.3 Å². The van der Waals surface area contributed by atoms with Crippen molar-refractivity contribution >= 4 is 23.6 Å². The lowest BCUT2D eigenvalue weighted by atomic mass is 10.2. The molecule has 2 aromatic rings. The van der Waals surface area contributed by atoms with E-state index in [4.69, 9.17) is 9.15 Å². The SMILES string of the molecule is COc1ccc(-c2nnc(SCC(=O)NCCC(=O)NC(C)C)o2)cc1. The van der Waals surface area contributed by atoms with Gasteiger partial charge in [-0.15, -0.1) is 10.2 Å². The summed E-state index contributed by atoms with van der Waals surface area (Å²) < 4.78 is 10.6. The van der Waals surface area contributed by atoms with Gasteiger partial charge in [-0.1, -0.05) is 11.8 Å². The van der Waals surface area contributed by atoms with Crippen LogP contribution in [0, 0.1) is 0 Å². The first-order chi connectivity index (χ1) is 12.5. The number of methoxy groups -OCH3 is 1. The van der Waals surface area contributed by atoms with Gasteiger partial charge in [-0.3, -0.25) is 9.59 Å². The summed E-state index contributed by atoms with van der Waals surface area (Å²) in [5, 5.41) is 13.6. The fourth-order valence-corrected chi connectivity index (χ4v) is 2.60. The summed E-state index contributed by atoms with van der Waals surface area (Å²) in [6.07, 6.45) is 0.247. The second kappa shape index (κ2) is 9.81. The number of hydrogen-bond donors (Lipinski definition) is 2. The molecule has 1 aromatic heterocycles. The number of nitrogens with zero attached hydrogens (tertiary/aromatic N) is 2. The van der Waals surface area contributed by atoms with E-state index < -0.39 is 0 Å². The Morgan fingerprint density at radius 3 is 2.58 bits per heavy atom. The zero-order valence-corrected chi connectivity index (χ0v) is 15.8. The summed E-state index contributed by atoms with van der Waals surface area (Å²) in [6.45, 7) is 4.06. The van der Waals surface area contributed by atoms with Crippen LogP contribution in [0.4, 0.5) is 0 Å². The van der Waals surface area contributed by atoms with Crippen molar-refractivity contribution in [2.24, 2.45) is 0 Å². The fourth-order valence-electron chi connectivity index (χ4n) is 2.01. The third-order valence-corrected chi connectivity index (χ3v) is 4.01. The molecule has 0 bridgehead atoms. The topological polar surface area (TPSA) is 106 Å². The van der Waals surface area contributed by atoms with Crippen LogP contribution in [0.1, 0.15) is 20.3 Å². The molecule has 0 aliphatic heterocycles. The number of amides is 2. The van der Waals surface area contributed by atoms with Crippen LogP contribution in [0.3, 0.4) is 0 Å². The highest BCUT2D eigenvalue weighted by molar-refractivity contribution is 7.99. The third-order valence-electron chi connectivity index (χ3n) is 3.19. The van der Waals surface area contributed by atoms with Gasteiger partial charge in [0.15, 0.2) is 0 Å². The van der Waals surface area contributed by atoms with E-state index in [9.17, 15) is 9.59 Å². The predicted octanol–water partition coefficient (Wildman–Crippen LogP) is 1.87. The Bertz CT molecular complexity index is 731. The van der Waals surface area contributed by atoms with Gasteiger partial charge < -0.3 is 19.8 Å². The van der Waals surface area contributed by atoms with E-state index in [-0.39, 0.29) is 30.0 Å². The van der Waals surface area contributed by atoms with E-state index in [0.717, 1.165) is 23.1 Å². The molecule has 2 N–H and O–H groups in total. The molecular formula is C17H22N4O4S. The lowest BCUT2D eigenvalue weighted by Crippen LogP contribution is -2.34. The van der Waals surface area contributed by atoms with Crippen LogP contribution in [0.5, 0.6) is 5.75 Å². The number of carbonyl (C=O) groups is 2. The van der Waals surface area contributed by atoms with Crippen LogP contribution in [-0.2, 0) is 9.59 Å². The maximum atomic E-state index is 11.8. The highest BCUT2D eigenvalue weighted by Crippen LogP contribution is 2.24. The summed E-state index contributed by atoms with van der Waals surface area (Å²) in [4.78, 5) is 23.3. The molecule has 2 rings (SSSR count). The Labute approximate surface area is 156 Å². The van der Waals surface area contributed by atoms with Crippen molar-refractivity contribution in [2.75, 3.05) is 19.4 Å². The van der Waals surface area contributed by atoms with E-state index in [2.05, 4.69) is 20.8 Å². The molecule has 0 unspecified atom stereocenters. The summed E-state index contributed by atoms with van der Waals surface area (Å²) in [5.41, 5.74) is 0.769. The molecule has 1 heterocycles. The van der Waals surface area contributed by atoms with Gasteiger partial charge in [0.1, 0.15) is 5.75 Å². The molecule has 140 valence electrons. The molecule has 0 saturated heterocycles. The molecule has 0 fully saturated rings. The highest BCUT2D eigenvalue weighted by Gasteiger charge is 2.12. The van der Waals surface area contributed by atoms with Gasteiger partial charge in [0, 0.05) is 24.6 Å². The van der Waals surface area contributed by atoms with E-state index >= 15 is 0 Å². The van der Waals surface area contributed by atoms with Crippen LogP contribution >= 0.6 is 11.8 Å². The minimum absolute atomic E-state index is 0.0889. The van der Waals surface area contributed by atoms with Crippen molar-refractivity contribution in [3.63, 3.8) is 0 Å². The lowest BCUT2D eigenvalue weighted by molar-refractivity contribution is -0.121. The van der Waals surface area contributed by atoms with E-state index in [1.807, 2.05) is 26.0 Å². The lowest BCUT2D eigenvalue weighted by Gasteiger charge is -2.08. The van der Waals surface area contributed by atoms with Crippen molar-refractivity contribution in [1.29, 1.82) is 0 Å². The smallest absolute Gasteiger partial charge is 0.277 e. The number of thioether (sulfide) groups is 1. The average molecular weight is 378 g/mol. The molecule has 9 heteroatoms. The number of aromatic nitrogens is 2. The minimum Gasteiger partial charge on any atom is -0.497 e. The summed E-state index contributed by atoms with van der Waals surface area (Å²) in [5.74, 6) is 0.962. The number of carbonyl (C=O) groups excluding carboxylic acids is 2. The van der Waals surface area contributed by atoms with Crippen LogP contribution in [0.2, 0.25) is 0 Å². The van der Waals surface area contributed by atoms with Crippen molar-refractivity contribution in [3.8, 4) is 17.2 Å². The van der Waals surface area contributed by atoms with E-state index in [1.54, 1.807) is 19.2 Å².